The van der Waals surface area contributed by atoms with Crippen LogP contribution in [0, 0.1) is 0 Å². The van der Waals surface area contributed by atoms with Gasteiger partial charge in [0.25, 0.3) is 10.0 Å². The topological polar surface area (TPSA) is 84.9 Å². The number of nitrogens with zero attached hydrogens (tertiary/aromatic N) is 1. The molecule has 0 aliphatic heterocycles. The molecule has 8 heteroatoms. The monoisotopic (exact) mass is 522 g/mol. The Morgan fingerprint density at radius 3 is 2.30 bits per heavy atom. The van der Waals surface area contributed by atoms with E-state index in [-0.39, 0.29) is 23.4 Å². The van der Waals surface area contributed by atoms with Gasteiger partial charge in [-0.2, -0.15) is 0 Å². The number of amides is 1. The van der Waals surface area contributed by atoms with Crippen molar-refractivity contribution < 1.29 is 22.7 Å². The maximum absolute atomic E-state index is 13.7. The molecule has 1 aliphatic carbocycles. The Balaban J connectivity index is 1.63. The summed E-state index contributed by atoms with van der Waals surface area (Å²) in [6.45, 7) is 1.63. The number of sulfonamides is 1. The molecule has 0 heterocycles. The lowest BCUT2D eigenvalue weighted by Gasteiger charge is -2.27. The standard InChI is InChI=1S/C29H34N2O5S/c1-4-26(23-15-14-21-10-8-9-11-22(21)18-23)30-29(32)20-31(37(33,34)25-12-6-5-7-13-25)24-16-17-27(35-2)28(19-24)36-3/h5-7,12-19,26H,4,8-11,20H2,1-3H3,(H,30,32)/t26-/m0/s1. The number of hydrogen-bond donors (Lipinski definition) is 1. The Labute approximate surface area is 219 Å². The van der Waals surface area contributed by atoms with E-state index in [0.29, 0.717) is 23.6 Å². The number of carbonyl (C=O) groups is 1. The predicted octanol–water partition coefficient (Wildman–Crippen LogP) is 5.05. The largest absolute Gasteiger partial charge is 0.493 e. The summed E-state index contributed by atoms with van der Waals surface area (Å²) in [6.07, 6.45) is 5.22. The number of hydrogen-bond acceptors (Lipinski definition) is 5. The van der Waals surface area contributed by atoms with E-state index in [2.05, 4.69) is 23.5 Å². The van der Waals surface area contributed by atoms with E-state index in [1.54, 1.807) is 36.4 Å². The molecule has 3 aromatic carbocycles. The van der Waals surface area contributed by atoms with E-state index in [1.807, 2.05) is 6.92 Å². The van der Waals surface area contributed by atoms with Crippen LogP contribution < -0.4 is 19.1 Å². The molecular weight excluding hydrogens is 488 g/mol. The zero-order valence-corrected chi connectivity index (χ0v) is 22.4. The summed E-state index contributed by atoms with van der Waals surface area (Å²) in [5.41, 5.74) is 4.07. The van der Waals surface area contributed by atoms with Gasteiger partial charge in [0.15, 0.2) is 11.5 Å². The molecule has 0 radical (unpaired) electrons. The molecule has 4 rings (SSSR count). The first-order chi connectivity index (χ1) is 17.9. The Hall–Kier alpha value is -3.52. The van der Waals surface area contributed by atoms with E-state index in [4.69, 9.17) is 9.47 Å². The molecule has 0 spiro atoms. The molecule has 0 aromatic heterocycles. The third-order valence-electron chi connectivity index (χ3n) is 6.79. The van der Waals surface area contributed by atoms with Crippen LogP contribution in [0.15, 0.2) is 71.6 Å². The maximum atomic E-state index is 13.7. The van der Waals surface area contributed by atoms with Crippen molar-refractivity contribution in [2.24, 2.45) is 0 Å². The molecule has 1 atom stereocenters. The molecule has 0 saturated heterocycles. The van der Waals surface area contributed by atoms with E-state index in [0.717, 1.165) is 22.7 Å². The first-order valence-corrected chi connectivity index (χ1v) is 14.0. The summed E-state index contributed by atoms with van der Waals surface area (Å²) in [5.74, 6) is 0.444. The molecule has 196 valence electrons. The summed E-state index contributed by atoms with van der Waals surface area (Å²) in [4.78, 5) is 13.4. The fourth-order valence-corrected chi connectivity index (χ4v) is 6.21. The number of aryl methyl sites for hydroxylation is 2. The molecule has 0 bridgehead atoms. The van der Waals surface area contributed by atoms with Gasteiger partial charge < -0.3 is 14.8 Å². The third kappa shape index (κ3) is 5.91. The first kappa shape index (κ1) is 26.5. The van der Waals surface area contributed by atoms with Crippen molar-refractivity contribution in [1.82, 2.24) is 5.32 Å². The lowest BCUT2D eigenvalue weighted by Crippen LogP contribution is -2.42. The van der Waals surface area contributed by atoms with Gasteiger partial charge in [0.2, 0.25) is 5.91 Å². The number of carbonyl (C=O) groups excluding carboxylic acids is 1. The SMILES string of the molecule is CC[C@H](NC(=O)CN(c1ccc(OC)c(OC)c1)S(=O)(=O)c1ccccc1)c1ccc2c(c1)CCCC2. The Morgan fingerprint density at radius 2 is 1.62 bits per heavy atom. The molecule has 7 nitrogen and oxygen atoms in total. The predicted molar refractivity (Wildman–Crippen MR) is 145 cm³/mol. The van der Waals surface area contributed by atoms with E-state index >= 15 is 0 Å². The van der Waals surface area contributed by atoms with Crippen LogP contribution in [0.3, 0.4) is 0 Å². The minimum atomic E-state index is -4.04. The third-order valence-corrected chi connectivity index (χ3v) is 8.58. The van der Waals surface area contributed by atoms with E-state index < -0.39 is 10.0 Å². The normalized spacial score (nSPS) is 13.8. The number of anilines is 1. The van der Waals surface area contributed by atoms with Crippen molar-refractivity contribution in [3.8, 4) is 11.5 Å². The highest BCUT2D eigenvalue weighted by Crippen LogP contribution is 2.34. The minimum Gasteiger partial charge on any atom is -0.493 e. The number of benzene rings is 3. The lowest BCUT2D eigenvalue weighted by molar-refractivity contribution is -0.120. The second-order valence-corrected chi connectivity index (χ2v) is 11.0. The van der Waals surface area contributed by atoms with Gasteiger partial charge >= 0.3 is 0 Å². The highest BCUT2D eigenvalue weighted by atomic mass is 32.2. The minimum absolute atomic E-state index is 0.0966. The van der Waals surface area contributed by atoms with Crippen LogP contribution in [0.4, 0.5) is 5.69 Å². The van der Waals surface area contributed by atoms with Crippen molar-refractivity contribution in [1.29, 1.82) is 0 Å². The molecule has 37 heavy (non-hydrogen) atoms. The quantitative estimate of drug-likeness (QED) is 0.403. The molecule has 1 N–H and O–H groups in total. The van der Waals surface area contributed by atoms with Crippen LogP contribution in [-0.2, 0) is 27.7 Å². The molecule has 0 fully saturated rings. The number of nitrogens with one attached hydrogen (secondary N) is 1. The number of ether oxygens (including phenoxy) is 2. The second kappa shape index (κ2) is 11.7. The highest BCUT2D eigenvalue weighted by molar-refractivity contribution is 7.92. The summed E-state index contributed by atoms with van der Waals surface area (Å²) in [6, 6.07) is 19.1. The molecule has 0 saturated carbocycles. The number of fused-ring (bicyclic) bond motifs is 1. The zero-order valence-electron chi connectivity index (χ0n) is 21.6. The van der Waals surface area contributed by atoms with Crippen molar-refractivity contribution >= 4 is 21.6 Å². The summed E-state index contributed by atoms with van der Waals surface area (Å²) in [7, 11) is -1.05. The molecular formula is C29H34N2O5S. The van der Waals surface area contributed by atoms with Crippen LogP contribution in [0.2, 0.25) is 0 Å². The van der Waals surface area contributed by atoms with Gasteiger partial charge in [0.05, 0.1) is 30.8 Å². The number of methoxy groups -OCH3 is 2. The summed E-state index contributed by atoms with van der Waals surface area (Å²) >= 11 is 0. The average molecular weight is 523 g/mol. The Kier molecular flexibility index (Phi) is 8.38. The van der Waals surface area contributed by atoms with Gasteiger partial charge in [-0.15, -0.1) is 0 Å². The lowest BCUT2D eigenvalue weighted by atomic mass is 9.89. The van der Waals surface area contributed by atoms with Crippen LogP contribution in [0.5, 0.6) is 11.5 Å². The summed E-state index contributed by atoms with van der Waals surface area (Å²) < 4.78 is 39.2. The first-order valence-electron chi connectivity index (χ1n) is 12.6. The van der Waals surface area contributed by atoms with Crippen LogP contribution in [0.1, 0.15) is 48.9 Å². The van der Waals surface area contributed by atoms with E-state index in [9.17, 15) is 13.2 Å². The van der Waals surface area contributed by atoms with Gasteiger partial charge in [0, 0.05) is 6.07 Å². The van der Waals surface area contributed by atoms with Crippen molar-refractivity contribution in [2.75, 3.05) is 25.1 Å². The second-order valence-electron chi connectivity index (χ2n) is 9.13. The van der Waals surface area contributed by atoms with Crippen LogP contribution in [0.25, 0.3) is 0 Å². The molecule has 1 amide bonds. The average Bonchev–Trinajstić information content (AvgIpc) is 2.94. The summed E-state index contributed by atoms with van der Waals surface area (Å²) in [5, 5.41) is 3.06. The fraction of sp³-hybridized carbons (Fsp3) is 0.345. The van der Waals surface area contributed by atoms with Crippen molar-refractivity contribution in [3.63, 3.8) is 0 Å². The van der Waals surface area contributed by atoms with Gasteiger partial charge in [-0.05, 0) is 73.1 Å². The smallest absolute Gasteiger partial charge is 0.264 e. The van der Waals surface area contributed by atoms with Crippen LogP contribution >= 0.6 is 0 Å². The van der Waals surface area contributed by atoms with Gasteiger partial charge in [-0.1, -0.05) is 43.3 Å². The fourth-order valence-electron chi connectivity index (χ4n) is 4.78. The Morgan fingerprint density at radius 1 is 0.919 bits per heavy atom. The van der Waals surface area contributed by atoms with Crippen molar-refractivity contribution in [3.05, 3.63) is 83.4 Å². The van der Waals surface area contributed by atoms with Crippen molar-refractivity contribution in [2.45, 2.75) is 50.0 Å². The highest BCUT2D eigenvalue weighted by Gasteiger charge is 2.29. The molecule has 3 aromatic rings. The zero-order chi connectivity index (χ0) is 26.4. The van der Waals surface area contributed by atoms with Gasteiger partial charge in [0.1, 0.15) is 6.54 Å². The molecule has 0 unspecified atom stereocenters. The van der Waals surface area contributed by atoms with Gasteiger partial charge in [-0.3, -0.25) is 9.10 Å². The molecule has 1 aliphatic rings. The van der Waals surface area contributed by atoms with Crippen LogP contribution in [-0.4, -0.2) is 35.1 Å². The number of rotatable bonds is 10. The Bertz CT molecular complexity index is 1340. The maximum Gasteiger partial charge on any atom is 0.264 e. The van der Waals surface area contributed by atoms with Gasteiger partial charge in [-0.25, -0.2) is 8.42 Å². The van der Waals surface area contributed by atoms with E-state index in [1.165, 1.54) is 50.3 Å².